The average molecular weight is 396 g/mol. The minimum Gasteiger partial charge on any atom is -0.355 e. The highest BCUT2D eigenvalue weighted by Crippen LogP contribution is 2.15. The summed E-state index contributed by atoms with van der Waals surface area (Å²) in [7, 11) is 1.89. The van der Waals surface area contributed by atoms with Gasteiger partial charge in [0, 0.05) is 32.7 Å². The third kappa shape index (κ3) is 6.16. The molecule has 5 heteroatoms. The van der Waals surface area contributed by atoms with Gasteiger partial charge in [0.05, 0.1) is 0 Å². The molecule has 4 nitrogen and oxygen atoms in total. The first-order chi connectivity index (χ1) is 9.12. The average Bonchev–Trinajstić information content (AvgIpc) is 2.42. The van der Waals surface area contributed by atoms with Crippen molar-refractivity contribution < 1.29 is 0 Å². The van der Waals surface area contributed by atoms with Crippen LogP contribution in [0.3, 0.4) is 0 Å². The van der Waals surface area contributed by atoms with Gasteiger partial charge in [0.2, 0.25) is 0 Å². The number of likely N-dealkylation sites (tertiary alicyclic amines) is 1. The SMILES string of the molecule is CCN(CC)C(C)CNC(=NC)N1CCC(C)CC1.I. The van der Waals surface area contributed by atoms with Crippen molar-refractivity contribution in [1.29, 1.82) is 0 Å². The maximum absolute atomic E-state index is 4.43. The van der Waals surface area contributed by atoms with Gasteiger partial charge in [0.15, 0.2) is 5.96 Å². The van der Waals surface area contributed by atoms with Crippen molar-refractivity contribution in [2.24, 2.45) is 10.9 Å². The van der Waals surface area contributed by atoms with Gasteiger partial charge in [-0.1, -0.05) is 20.8 Å². The number of hydrogen-bond acceptors (Lipinski definition) is 2. The Hall–Kier alpha value is -0.0400. The summed E-state index contributed by atoms with van der Waals surface area (Å²) in [5.74, 6) is 1.94. The molecule has 0 aromatic carbocycles. The number of aliphatic imine (C=N–C) groups is 1. The molecule has 0 aliphatic carbocycles. The molecule has 0 aromatic heterocycles. The summed E-state index contributed by atoms with van der Waals surface area (Å²) in [5.41, 5.74) is 0. The molecule has 1 aliphatic heterocycles. The largest absolute Gasteiger partial charge is 0.355 e. The number of piperidine rings is 1. The molecule has 1 aliphatic rings. The number of likely N-dealkylation sites (N-methyl/N-ethyl adjacent to an activating group) is 1. The van der Waals surface area contributed by atoms with Crippen molar-refractivity contribution in [3.05, 3.63) is 0 Å². The van der Waals surface area contributed by atoms with E-state index in [1.807, 2.05) is 7.05 Å². The van der Waals surface area contributed by atoms with Crippen LogP contribution in [0.5, 0.6) is 0 Å². The molecule has 120 valence electrons. The van der Waals surface area contributed by atoms with Crippen molar-refractivity contribution in [3.8, 4) is 0 Å². The van der Waals surface area contributed by atoms with Crippen molar-refractivity contribution in [2.45, 2.75) is 46.6 Å². The van der Waals surface area contributed by atoms with Crippen molar-refractivity contribution in [2.75, 3.05) is 39.8 Å². The molecule has 1 saturated heterocycles. The van der Waals surface area contributed by atoms with Gasteiger partial charge in [-0.2, -0.15) is 0 Å². The Kier molecular flexibility index (Phi) is 10.6. The van der Waals surface area contributed by atoms with Crippen LogP contribution in [0.2, 0.25) is 0 Å². The second-order valence-corrected chi connectivity index (χ2v) is 5.67. The normalized spacial score (nSPS) is 18.9. The molecule has 0 spiro atoms. The maximum Gasteiger partial charge on any atom is 0.193 e. The molecule has 1 rings (SSSR count). The summed E-state index contributed by atoms with van der Waals surface area (Å²) in [5, 5.41) is 3.54. The van der Waals surface area contributed by atoms with E-state index in [-0.39, 0.29) is 24.0 Å². The van der Waals surface area contributed by atoms with Crippen molar-refractivity contribution >= 4 is 29.9 Å². The van der Waals surface area contributed by atoms with Crippen LogP contribution in [-0.4, -0.2) is 61.6 Å². The fraction of sp³-hybridized carbons (Fsp3) is 0.933. The molecule has 0 amide bonds. The highest BCUT2D eigenvalue weighted by atomic mass is 127. The van der Waals surface area contributed by atoms with Gasteiger partial charge in [-0.25, -0.2) is 0 Å². The Balaban J connectivity index is 0.00000361. The number of nitrogens with zero attached hydrogens (tertiary/aromatic N) is 3. The van der Waals surface area contributed by atoms with Gasteiger partial charge >= 0.3 is 0 Å². The second-order valence-electron chi connectivity index (χ2n) is 5.67. The zero-order valence-electron chi connectivity index (χ0n) is 13.9. The van der Waals surface area contributed by atoms with Gasteiger partial charge in [0.25, 0.3) is 0 Å². The van der Waals surface area contributed by atoms with Gasteiger partial charge in [0.1, 0.15) is 0 Å². The van der Waals surface area contributed by atoms with E-state index < -0.39 is 0 Å². The Morgan fingerprint density at radius 3 is 2.30 bits per heavy atom. The quantitative estimate of drug-likeness (QED) is 0.441. The minimum atomic E-state index is 0. The van der Waals surface area contributed by atoms with Gasteiger partial charge in [-0.05, 0) is 38.8 Å². The monoisotopic (exact) mass is 396 g/mol. The standard InChI is InChI=1S/C15H32N4.HI/c1-6-18(7-2)14(4)12-17-15(16-5)19-10-8-13(3)9-11-19;/h13-14H,6-12H2,1-5H3,(H,16,17);1H. The highest BCUT2D eigenvalue weighted by Gasteiger charge is 2.19. The van der Waals surface area contributed by atoms with Crippen LogP contribution >= 0.6 is 24.0 Å². The summed E-state index contributed by atoms with van der Waals surface area (Å²) < 4.78 is 0. The summed E-state index contributed by atoms with van der Waals surface area (Å²) in [6.07, 6.45) is 2.57. The van der Waals surface area contributed by atoms with Crippen LogP contribution in [0, 0.1) is 5.92 Å². The first kappa shape index (κ1) is 20.0. The van der Waals surface area contributed by atoms with Gasteiger partial charge in [-0.15, -0.1) is 24.0 Å². The third-order valence-corrected chi connectivity index (χ3v) is 4.29. The molecule has 0 radical (unpaired) electrons. The Morgan fingerprint density at radius 2 is 1.85 bits per heavy atom. The van der Waals surface area contributed by atoms with Gasteiger partial charge < -0.3 is 10.2 Å². The lowest BCUT2D eigenvalue weighted by atomic mass is 10.00. The zero-order chi connectivity index (χ0) is 14.3. The molecular weight excluding hydrogens is 363 g/mol. The molecule has 1 fully saturated rings. The van der Waals surface area contributed by atoms with Crippen LogP contribution in [0.25, 0.3) is 0 Å². The number of nitrogens with one attached hydrogen (secondary N) is 1. The summed E-state index contributed by atoms with van der Waals surface area (Å²) in [6.45, 7) is 14.5. The van der Waals surface area contributed by atoms with E-state index in [1.54, 1.807) is 0 Å². The van der Waals surface area contributed by atoms with E-state index in [9.17, 15) is 0 Å². The number of hydrogen-bond donors (Lipinski definition) is 1. The Bertz CT molecular complexity index is 271. The lowest BCUT2D eigenvalue weighted by molar-refractivity contribution is 0.226. The first-order valence-corrected chi connectivity index (χ1v) is 7.81. The fourth-order valence-electron chi connectivity index (χ4n) is 2.77. The molecule has 0 aromatic rings. The highest BCUT2D eigenvalue weighted by molar-refractivity contribution is 14.0. The Labute approximate surface area is 142 Å². The summed E-state index contributed by atoms with van der Waals surface area (Å²) >= 11 is 0. The van der Waals surface area contributed by atoms with Gasteiger partial charge in [-0.3, -0.25) is 9.89 Å². The Morgan fingerprint density at radius 1 is 1.30 bits per heavy atom. The summed E-state index contributed by atoms with van der Waals surface area (Å²) in [4.78, 5) is 9.30. The second kappa shape index (κ2) is 10.7. The van der Waals surface area contributed by atoms with E-state index >= 15 is 0 Å². The van der Waals surface area contributed by atoms with E-state index in [2.05, 4.69) is 47.8 Å². The zero-order valence-corrected chi connectivity index (χ0v) is 16.2. The van der Waals surface area contributed by atoms with Crippen molar-refractivity contribution in [1.82, 2.24) is 15.1 Å². The van der Waals surface area contributed by atoms with Crippen LogP contribution in [-0.2, 0) is 0 Å². The minimum absolute atomic E-state index is 0. The molecule has 1 heterocycles. The van der Waals surface area contributed by atoms with Crippen LogP contribution in [0.15, 0.2) is 4.99 Å². The number of guanidine groups is 1. The molecule has 1 atom stereocenters. The fourth-order valence-corrected chi connectivity index (χ4v) is 2.77. The number of halogens is 1. The van der Waals surface area contributed by atoms with E-state index in [0.717, 1.165) is 44.6 Å². The molecular formula is C15H33IN4. The topological polar surface area (TPSA) is 30.9 Å². The van der Waals surface area contributed by atoms with E-state index in [0.29, 0.717) is 6.04 Å². The predicted molar refractivity (Wildman–Crippen MR) is 99.1 cm³/mol. The molecule has 20 heavy (non-hydrogen) atoms. The lowest BCUT2D eigenvalue weighted by Crippen LogP contribution is -2.49. The summed E-state index contributed by atoms with van der Waals surface area (Å²) in [6, 6.07) is 0.551. The molecule has 1 N–H and O–H groups in total. The van der Waals surface area contributed by atoms with Crippen LogP contribution in [0.4, 0.5) is 0 Å². The molecule has 0 bridgehead atoms. The third-order valence-electron chi connectivity index (χ3n) is 4.29. The first-order valence-electron chi connectivity index (χ1n) is 7.81. The number of rotatable bonds is 5. The van der Waals surface area contributed by atoms with Crippen LogP contribution < -0.4 is 5.32 Å². The van der Waals surface area contributed by atoms with Crippen molar-refractivity contribution in [3.63, 3.8) is 0 Å². The van der Waals surface area contributed by atoms with Crippen LogP contribution in [0.1, 0.15) is 40.5 Å². The maximum atomic E-state index is 4.43. The van der Waals surface area contributed by atoms with E-state index in [1.165, 1.54) is 12.8 Å². The predicted octanol–water partition coefficient (Wildman–Crippen LogP) is 2.64. The smallest absolute Gasteiger partial charge is 0.193 e. The molecule has 0 saturated carbocycles. The molecule has 1 unspecified atom stereocenters. The lowest BCUT2D eigenvalue weighted by Gasteiger charge is -2.34. The van der Waals surface area contributed by atoms with E-state index in [4.69, 9.17) is 0 Å².